The van der Waals surface area contributed by atoms with Gasteiger partial charge in [-0.1, -0.05) is 30.3 Å². The van der Waals surface area contributed by atoms with Crippen molar-refractivity contribution in [2.45, 2.75) is 19.0 Å². The van der Waals surface area contributed by atoms with Crippen molar-refractivity contribution in [3.63, 3.8) is 0 Å². The molecule has 2 aromatic rings. The first-order valence-corrected chi connectivity index (χ1v) is 10.6. The molecule has 2 aromatic carbocycles. The van der Waals surface area contributed by atoms with Gasteiger partial charge in [-0.3, -0.25) is 0 Å². The van der Waals surface area contributed by atoms with Gasteiger partial charge in [0.05, 0.1) is 19.2 Å². The molecule has 5 nitrogen and oxygen atoms in total. The van der Waals surface area contributed by atoms with Crippen molar-refractivity contribution in [2.75, 3.05) is 36.1 Å². The van der Waals surface area contributed by atoms with E-state index in [-0.39, 0.29) is 6.04 Å². The number of ether oxygens (including phenoxy) is 1. The van der Waals surface area contributed by atoms with Crippen LogP contribution in [0.2, 0.25) is 0 Å². The Balaban J connectivity index is 1.35. The number of rotatable bonds is 4. The lowest BCUT2D eigenvalue weighted by Crippen LogP contribution is -2.37. The molecule has 2 aliphatic rings. The van der Waals surface area contributed by atoms with Gasteiger partial charge in [-0.05, 0) is 23.8 Å². The summed E-state index contributed by atoms with van der Waals surface area (Å²) in [5, 5.41) is 3.35. The minimum Gasteiger partial charge on any atom is -0.493 e. The first-order chi connectivity index (χ1) is 13.3. The maximum Gasteiger partial charge on any atom is 0.189 e. The van der Waals surface area contributed by atoms with Gasteiger partial charge < -0.3 is 20.7 Å². The molecule has 0 aromatic heterocycles. The van der Waals surface area contributed by atoms with Gasteiger partial charge in [0.25, 0.3) is 0 Å². The van der Waals surface area contributed by atoms with Crippen LogP contribution in [-0.4, -0.2) is 37.2 Å². The van der Waals surface area contributed by atoms with E-state index < -0.39 is 0 Å². The number of nitrogens with two attached hydrogens (primary N) is 1. The summed E-state index contributed by atoms with van der Waals surface area (Å²) in [6, 6.07) is 16.9. The number of fused-ring (bicyclic) bond motifs is 1. The molecule has 0 bridgehead atoms. The Labute approximate surface area is 165 Å². The van der Waals surface area contributed by atoms with Crippen LogP contribution >= 0.6 is 11.8 Å². The number of hydrogen-bond donors (Lipinski definition) is 2. The third-order valence-corrected chi connectivity index (χ3v) is 5.97. The molecule has 1 saturated heterocycles. The fourth-order valence-electron chi connectivity index (χ4n) is 3.53. The van der Waals surface area contributed by atoms with Gasteiger partial charge >= 0.3 is 0 Å². The molecule has 1 fully saturated rings. The second kappa shape index (κ2) is 8.57. The summed E-state index contributed by atoms with van der Waals surface area (Å²) in [5.41, 5.74) is 9.76. The largest absolute Gasteiger partial charge is 0.493 e. The fraction of sp³-hybridized carbons (Fsp3) is 0.381. The number of nitrogens with one attached hydrogen (secondary N) is 1. The van der Waals surface area contributed by atoms with Crippen molar-refractivity contribution >= 4 is 23.4 Å². The normalized spacial score (nSPS) is 19.9. The highest BCUT2D eigenvalue weighted by molar-refractivity contribution is 7.99. The lowest BCUT2D eigenvalue weighted by Gasteiger charge is -2.28. The number of guanidine groups is 1. The highest BCUT2D eigenvalue weighted by Crippen LogP contribution is 2.31. The number of aliphatic imine (C=N–C) groups is 1. The van der Waals surface area contributed by atoms with Crippen LogP contribution in [0.3, 0.4) is 0 Å². The highest BCUT2D eigenvalue weighted by Gasteiger charge is 2.21. The van der Waals surface area contributed by atoms with E-state index in [1.807, 2.05) is 30.0 Å². The van der Waals surface area contributed by atoms with Crippen molar-refractivity contribution in [1.29, 1.82) is 0 Å². The smallest absolute Gasteiger partial charge is 0.189 e. The Bertz CT molecular complexity index is 787. The van der Waals surface area contributed by atoms with Crippen LogP contribution in [0.25, 0.3) is 0 Å². The summed E-state index contributed by atoms with van der Waals surface area (Å²) in [4.78, 5) is 6.98. The number of para-hydroxylation sites is 1. The Morgan fingerprint density at radius 3 is 2.74 bits per heavy atom. The third kappa shape index (κ3) is 4.50. The van der Waals surface area contributed by atoms with Gasteiger partial charge in [-0.2, -0.15) is 11.8 Å². The molecule has 0 radical (unpaired) electrons. The van der Waals surface area contributed by atoms with E-state index in [1.165, 1.54) is 22.8 Å². The quantitative estimate of drug-likeness (QED) is 0.628. The average molecular weight is 383 g/mol. The monoisotopic (exact) mass is 382 g/mol. The molecule has 2 heterocycles. The molecular formula is C21H26N4OS. The Morgan fingerprint density at radius 2 is 1.93 bits per heavy atom. The van der Waals surface area contributed by atoms with E-state index in [2.05, 4.69) is 45.5 Å². The van der Waals surface area contributed by atoms with Crippen LogP contribution in [0.1, 0.15) is 23.6 Å². The zero-order valence-electron chi connectivity index (χ0n) is 15.4. The lowest BCUT2D eigenvalue weighted by atomic mass is 10.0. The molecule has 0 aliphatic carbocycles. The zero-order valence-corrected chi connectivity index (χ0v) is 16.3. The molecule has 0 spiro atoms. The van der Waals surface area contributed by atoms with Crippen molar-refractivity contribution in [1.82, 2.24) is 5.32 Å². The Morgan fingerprint density at radius 1 is 1.15 bits per heavy atom. The van der Waals surface area contributed by atoms with Gasteiger partial charge in [-0.15, -0.1) is 0 Å². The van der Waals surface area contributed by atoms with E-state index >= 15 is 0 Å². The molecule has 4 rings (SSSR count). The second-order valence-corrected chi connectivity index (χ2v) is 8.06. The van der Waals surface area contributed by atoms with E-state index in [0.717, 1.165) is 30.8 Å². The number of anilines is 1. The van der Waals surface area contributed by atoms with Gasteiger partial charge in [-0.25, -0.2) is 4.99 Å². The summed E-state index contributed by atoms with van der Waals surface area (Å²) in [5.74, 6) is 3.84. The minimum absolute atomic E-state index is 0.151. The highest BCUT2D eigenvalue weighted by atomic mass is 32.2. The summed E-state index contributed by atoms with van der Waals surface area (Å²) >= 11 is 2.03. The van der Waals surface area contributed by atoms with Crippen LogP contribution in [0.4, 0.5) is 5.69 Å². The van der Waals surface area contributed by atoms with Crippen molar-refractivity contribution < 1.29 is 4.74 Å². The molecule has 142 valence electrons. The minimum atomic E-state index is 0.151. The first kappa shape index (κ1) is 18.0. The van der Waals surface area contributed by atoms with E-state index in [1.54, 1.807) is 0 Å². The number of nitrogens with zero attached hydrogens (tertiary/aromatic N) is 2. The van der Waals surface area contributed by atoms with Crippen LogP contribution in [0.15, 0.2) is 53.5 Å². The SMILES string of the molecule is NC(=NCc1ccc(N2CCSCC2)cc1)NC1CCOc2ccccc21. The van der Waals surface area contributed by atoms with E-state index in [9.17, 15) is 0 Å². The van der Waals surface area contributed by atoms with Crippen LogP contribution in [0, 0.1) is 0 Å². The maximum absolute atomic E-state index is 6.14. The van der Waals surface area contributed by atoms with Gasteiger partial charge in [0.2, 0.25) is 0 Å². The van der Waals surface area contributed by atoms with Crippen LogP contribution in [-0.2, 0) is 6.54 Å². The summed E-state index contributed by atoms with van der Waals surface area (Å²) in [6.07, 6.45) is 0.885. The summed E-state index contributed by atoms with van der Waals surface area (Å²) in [7, 11) is 0. The number of benzene rings is 2. The van der Waals surface area contributed by atoms with Crippen molar-refractivity contribution in [2.24, 2.45) is 10.7 Å². The van der Waals surface area contributed by atoms with Crippen LogP contribution in [0.5, 0.6) is 5.75 Å². The van der Waals surface area contributed by atoms with Gasteiger partial charge in [0.1, 0.15) is 5.75 Å². The molecule has 2 aliphatic heterocycles. The maximum atomic E-state index is 6.14. The predicted octanol–water partition coefficient (Wildman–Crippen LogP) is 3.17. The first-order valence-electron chi connectivity index (χ1n) is 9.49. The Hall–Kier alpha value is -2.34. The van der Waals surface area contributed by atoms with Crippen LogP contribution < -0.4 is 20.7 Å². The van der Waals surface area contributed by atoms with Gasteiger partial charge in [0.15, 0.2) is 5.96 Å². The molecular weight excluding hydrogens is 356 g/mol. The fourth-order valence-corrected chi connectivity index (χ4v) is 4.43. The van der Waals surface area contributed by atoms with Gasteiger partial charge in [0, 0.05) is 42.3 Å². The lowest BCUT2D eigenvalue weighted by molar-refractivity contribution is 0.262. The van der Waals surface area contributed by atoms with E-state index in [0.29, 0.717) is 19.1 Å². The average Bonchev–Trinajstić information content (AvgIpc) is 2.74. The predicted molar refractivity (Wildman–Crippen MR) is 114 cm³/mol. The summed E-state index contributed by atoms with van der Waals surface area (Å²) < 4.78 is 5.70. The third-order valence-electron chi connectivity index (χ3n) is 5.03. The molecule has 27 heavy (non-hydrogen) atoms. The molecule has 0 saturated carbocycles. The molecule has 6 heteroatoms. The van der Waals surface area contributed by atoms with Crippen molar-refractivity contribution in [3.8, 4) is 5.75 Å². The summed E-state index contributed by atoms with van der Waals surface area (Å²) in [6.45, 7) is 3.54. The van der Waals surface area contributed by atoms with Crippen molar-refractivity contribution in [3.05, 3.63) is 59.7 Å². The topological polar surface area (TPSA) is 62.9 Å². The molecule has 1 unspecified atom stereocenters. The molecule has 1 atom stereocenters. The standard InChI is InChI=1S/C21H26N4OS/c22-21(24-19-9-12-26-20-4-2-1-3-18(19)20)23-15-16-5-7-17(8-6-16)25-10-13-27-14-11-25/h1-8,19H,9-15H2,(H3,22,23,24). The Kier molecular flexibility index (Phi) is 5.72. The number of hydrogen-bond acceptors (Lipinski definition) is 4. The molecule has 0 amide bonds. The second-order valence-electron chi connectivity index (χ2n) is 6.84. The van der Waals surface area contributed by atoms with E-state index in [4.69, 9.17) is 10.5 Å². The number of thioether (sulfide) groups is 1. The molecule has 3 N–H and O–H groups in total. The zero-order chi connectivity index (χ0) is 18.5.